The lowest BCUT2D eigenvalue weighted by Gasteiger charge is -2.17. The van der Waals surface area contributed by atoms with Gasteiger partial charge in [-0.05, 0) is 12.8 Å². The Labute approximate surface area is 61.7 Å². The predicted molar refractivity (Wildman–Crippen MR) is 39.7 cm³/mol. The van der Waals surface area contributed by atoms with Crippen LogP contribution in [0.4, 0.5) is 0 Å². The van der Waals surface area contributed by atoms with Crippen molar-refractivity contribution in [3.05, 3.63) is 0 Å². The van der Waals surface area contributed by atoms with Gasteiger partial charge in [0.15, 0.2) is 0 Å². The van der Waals surface area contributed by atoms with Crippen LogP contribution in [0.25, 0.3) is 0 Å². The molecule has 2 fully saturated rings. The Bertz CT molecular complexity index is 129. The summed E-state index contributed by atoms with van der Waals surface area (Å²) in [6, 6.07) is 0. The van der Waals surface area contributed by atoms with Crippen molar-refractivity contribution in [2.45, 2.75) is 43.8 Å². The number of ether oxygens (including phenoxy) is 1. The molecule has 1 heterocycles. The highest BCUT2D eigenvalue weighted by Crippen LogP contribution is 2.47. The van der Waals surface area contributed by atoms with Gasteiger partial charge in [0.05, 0.1) is 11.7 Å². The quantitative estimate of drug-likeness (QED) is 0.554. The van der Waals surface area contributed by atoms with Crippen LogP contribution in [0.3, 0.4) is 0 Å². The minimum absolute atomic E-state index is 0.271. The molecule has 58 valence electrons. The van der Waals surface area contributed by atoms with Crippen LogP contribution < -0.4 is 5.73 Å². The highest BCUT2D eigenvalue weighted by atomic mass is 16.6. The molecule has 1 aliphatic carbocycles. The number of nitrogens with two attached hydrogens (primary N) is 1. The molecule has 2 nitrogen and oxygen atoms in total. The van der Waals surface area contributed by atoms with E-state index in [4.69, 9.17) is 10.5 Å². The molecule has 0 amide bonds. The average Bonchev–Trinajstić information content (AvgIpc) is 2.65. The fourth-order valence-electron chi connectivity index (χ4n) is 2.10. The van der Waals surface area contributed by atoms with Crippen LogP contribution in [-0.4, -0.2) is 18.2 Å². The minimum Gasteiger partial charge on any atom is -0.365 e. The third kappa shape index (κ3) is 0.867. The van der Waals surface area contributed by atoms with Crippen molar-refractivity contribution in [2.24, 2.45) is 5.73 Å². The molecule has 0 aromatic carbocycles. The van der Waals surface area contributed by atoms with Gasteiger partial charge in [0.2, 0.25) is 0 Å². The maximum atomic E-state index is 5.57. The van der Waals surface area contributed by atoms with E-state index in [1.165, 1.54) is 32.1 Å². The Balaban J connectivity index is 1.92. The summed E-state index contributed by atoms with van der Waals surface area (Å²) in [5.41, 5.74) is 5.79. The molecule has 1 aliphatic heterocycles. The molecule has 1 atom stereocenters. The van der Waals surface area contributed by atoms with Gasteiger partial charge in [0.1, 0.15) is 0 Å². The maximum absolute atomic E-state index is 5.57. The van der Waals surface area contributed by atoms with Crippen molar-refractivity contribution in [3.63, 3.8) is 0 Å². The van der Waals surface area contributed by atoms with Crippen LogP contribution in [0.15, 0.2) is 0 Å². The van der Waals surface area contributed by atoms with Crippen molar-refractivity contribution >= 4 is 0 Å². The first kappa shape index (κ1) is 6.62. The standard InChI is InChI=1S/C8H15NO/c9-6-7-8(10-7)4-2-1-3-5-8/h7H,1-6,9H2/t7-/m0/s1. The first-order chi connectivity index (χ1) is 4.87. The zero-order chi connectivity index (χ0) is 7.03. The Morgan fingerprint density at radius 3 is 2.50 bits per heavy atom. The molecular formula is C8H15NO. The van der Waals surface area contributed by atoms with Gasteiger partial charge in [0, 0.05) is 6.54 Å². The Morgan fingerprint density at radius 1 is 1.30 bits per heavy atom. The molecule has 0 radical (unpaired) electrons. The molecule has 2 N–H and O–H groups in total. The van der Waals surface area contributed by atoms with E-state index < -0.39 is 0 Å². The summed E-state index contributed by atoms with van der Waals surface area (Å²) < 4.78 is 5.57. The van der Waals surface area contributed by atoms with Gasteiger partial charge in [-0.25, -0.2) is 0 Å². The topological polar surface area (TPSA) is 38.5 Å². The molecule has 2 heteroatoms. The van der Waals surface area contributed by atoms with Crippen LogP contribution in [0.2, 0.25) is 0 Å². The summed E-state index contributed by atoms with van der Waals surface area (Å²) in [6.45, 7) is 0.722. The second kappa shape index (κ2) is 2.21. The highest BCUT2D eigenvalue weighted by molar-refractivity contribution is 5.04. The van der Waals surface area contributed by atoms with Crippen molar-refractivity contribution < 1.29 is 4.74 Å². The van der Waals surface area contributed by atoms with Gasteiger partial charge in [-0.2, -0.15) is 0 Å². The predicted octanol–water partition coefficient (Wildman–Crippen LogP) is 1.05. The summed E-state index contributed by atoms with van der Waals surface area (Å²) in [5, 5.41) is 0. The zero-order valence-electron chi connectivity index (χ0n) is 6.31. The third-order valence-corrected chi connectivity index (χ3v) is 2.82. The number of epoxide rings is 1. The number of hydrogen-bond donors (Lipinski definition) is 1. The SMILES string of the molecule is NC[C@@H]1OC12CCCCC2. The van der Waals surface area contributed by atoms with E-state index in [0.29, 0.717) is 6.10 Å². The molecule has 2 rings (SSSR count). The zero-order valence-corrected chi connectivity index (χ0v) is 6.31. The van der Waals surface area contributed by atoms with Gasteiger partial charge in [0.25, 0.3) is 0 Å². The molecule has 10 heavy (non-hydrogen) atoms. The summed E-state index contributed by atoms with van der Waals surface area (Å²) in [6.07, 6.45) is 7.01. The lowest BCUT2D eigenvalue weighted by molar-refractivity contribution is 0.233. The summed E-state index contributed by atoms with van der Waals surface area (Å²) in [5.74, 6) is 0. The average molecular weight is 141 g/mol. The molecule has 1 spiro atoms. The third-order valence-electron chi connectivity index (χ3n) is 2.82. The second-order valence-corrected chi connectivity index (χ2v) is 3.47. The van der Waals surface area contributed by atoms with Crippen LogP contribution in [0.5, 0.6) is 0 Å². The van der Waals surface area contributed by atoms with Crippen LogP contribution in [0, 0.1) is 0 Å². The second-order valence-electron chi connectivity index (χ2n) is 3.47. The normalized spacial score (nSPS) is 36.3. The maximum Gasteiger partial charge on any atom is 0.0995 e. The largest absolute Gasteiger partial charge is 0.365 e. The molecule has 1 saturated carbocycles. The monoisotopic (exact) mass is 141 g/mol. The fourth-order valence-corrected chi connectivity index (χ4v) is 2.10. The molecule has 0 aromatic heterocycles. The van der Waals surface area contributed by atoms with Crippen molar-refractivity contribution in [1.29, 1.82) is 0 Å². The Hall–Kier alpha value is -0.0800. The lowest BCUT2D eigenvalue weighted by Crippen LogP contribution is -2.23. The first-order valence-corrected chi connectivity index (χ1v) is 4.25. The lowest BCUT2D eigenvalue weighted by atomic mass is 9.86. The van der Waals surface area contributed by atoms with E-state index in [0.717, 1.165) is 6.54 Å². The van der Waals surface area contributed by atoms with Gasteiger partial charge in [-0.3, -0.25) is 0 Å². The summed E-state index contributed by atoms with van der Waals surface area (Å²) >= 11 is 0. The van der Waals surface area contributed by atoms with Crippen LogP contribution in [-0.2, 0) is 4.74 Å². The number of rotatable bonds is 1. The van der Waals surface area contributed by atoms with Gasteiger partial charge >= 0.3 is 0 Å². The van der Waals surface area contributed by atoms with E-state index in [2.05, 4.69) is 0 Å². The molecular weight excluding hydrogens is 126 g/mol. The van der Waals surface area contributed by atoms with Gasteiger partial charge in [-0.15, -0.1) is 0 Å². The Kier molecular flexibility index (Phi) is 1.46. The van der Waals surface area contributed by atoms with E-state index in [-0.39, 0.29) is 5.60 Å². The van der Waals surface area contributed by atoms with Crippen LogP contribution in [0.1, 0.15) is 32.1 Å². The van der Waals surface area contributed by atoms with E-state index in [1.54, 1.807) is 0 Å². The molecule has 0 bridgehead atoms. The minimum atomic E-state index is 0.271. The number of hydrogen-bond acceptors (Lipinski definition) is 2. The van der Waals surface area contributed by atoms with E-state index in [1.807, 2.05) is 0 Å². The molecule has 2 aliphatic rings. The molecule has 0 aromatic rings. The highest BCUT2D eigenvalue weighted by Gasteiger charge is 2.54. The van der Waals surface area contributed by atoms with Gasteiger partial charge in [-0.1, -0.05) is 19.3 Å². The van der Waals surface area contributed by atoms with E-state index >= 15 is 0 Å². The first-order valence-electron chi connectivity index (χ1n) is 4.25. The van der Waals surface area contributed by atoms with Crippen molar-refractivity contribution in [3.8, 4) is 0 Å². The molecule has 0 unspecified atom stereocenters. The smallest absolute Gasteiger partial charge is 0.0995 e. The van der Waals surface area contributed by atoms with Gasteiger partial charge < -0.3 is 10.5 Å². The van der Waals surface area contributed by atoms with E-state index in [9.17, 15) is 0 Å². The van der Waals surface area contributed by atoms with Crippen molar-refractivity contribution in [2.75, 3.05) is 6.54 Å². The Morgan fingerprint density at radius 2 is 2.00 bits per heavy atom. The molecule has 1 saturated heterocycles. The van der Waals surface area contributed by atoms with Crippen molar-refractivity contribution in [1.82, 2.24) is 0 Å². The fraction of sp³-hybridized carbons (Fsp3) is 1.00. The summed E-state index contributed by atoms with van der Waals surface area (Å²) in [4.78, 5) is 0. The summed E-state index contributed by atoms with van der Waals surface area (Å²) in [7, 11) is 0. The van der Waals surface area contributed by atoms with Crippen LogP contribution >= 0.6 is 0 Å².